The van der Waals surface area contributed by atoms with Crippen LogP contribution < -0.4 is 0 Å². The molecule has 6 atom stereocenters. The first kappa shape index (κ1) is 76.1. The van der Waals surface area contributed by atoms with Gasteiger partial charge in [0.2, 0.25) is 0 Å². The fourth-order valence-corrected chi connectivity index (χ4v) is 9.11. The summed E-state index contributed by atoms with van der Waals surface area (Å²) in [4.78, 5) is 51.3. The second-order valence-electron chi connectivity index (χ2n) is 21.6. The number of rotatable bonds is 54. The Hall–Kier alpha value is -4.88. The molecule has 0 bridgehead atoms. The molecule has 0 aromatic rings. The minimum absolute atomic E-state index is 0.0281. The molecule has 1 aliphatic rings. The lowest BCUT2D eigenvalue weighted by atomic mass is 9.98. The Labute approximate surface area is 503 Å². The standard InChI is InChI=1S/C71H114O12/c1-4-7-10-13-16-19-22-25-28-30-32-34-37-39-42-45-48-51-54-57-63(72)79-60-62(81-64(73)58-55-52-49-46-43-41-38-35-33-31-29-26-23-20-17-14-11-8-5-2)61-80-71-69(67(76)66(75)68(83-71)70(77)78)82-65(74)59-56-53-50-47-44-40-36-27-24-21-18-15-12-9-6-3/h7,9-10,12,16,18-19,21,25-29,32,34,36,39,42,48,51,62,66-69,71,75-76H,4-6,8,11,13-15,17,20,22-24,30-31,33,35,37-38,40-41,43-47,49-50,52-61H2,1-3H3,(H,77,78)/b10-7-,12-9-,19-16-,21-18-,28-25-,29-26-,34-32-,36-27-,42-39-,51-48-. The molecule has 83 heavy (non-hydrogen) atoms. The van der Waals surface area contributed by atoms with Crippen LogP contribution in [-0.2, 0) is 42.9 Å². The lowest BCUT2D eigenvalue weighted by Gasteiger charge is -2.40. The highest BCUT2D eigenvalue weighted by atomic mass is 16.7. The summed E-state index contributed by atoms with van der Waals surface area (Å²) < 4.78 is 28.4. The third-order valence-electron chi connectivity index (χ3n) is 14.0. The van der Waals surface area contributed by atoms with Gasteiger partial charge >= 0.3 is 23.9 Å². The van der Waals surface area contributed by atoms with Crippen molar-refractivity contribution in [1.82, 2.24) is 0 Å². The largest absolute Gasteiger partial charge is 0.479 e. The maximum atomic E-state index is 13.2. The molecule has 0 saturated carbocycles. The number of hydrogen-bond acceptors (Lipinski definition) is 11. The van der Waals surface area contributed by atoms with Crippen molar-refractivity contribution < 1.29 is 58.2 Å². The minimum Gasteiger partial charge on any atom is -0.479 e. The lowest BCUT2D eigenvalue weighted by Crippen LogP contribution is -2.61. The van der Waals surface area contributed by atoms with E-state index < -0.39 is 67.3 Å². The van der Waals surface area contributed by atoms with E-state index in [1.807, 2.05) is 12.2 Å². The zero-order chi connectivity index (χ0) is 60.3. The lowest BCUT2D eigenvalue weighted by molar-refractivity contribution is -0.301. The molecule has 0 spiro atoms. The SMILES string of the molecule is CC/C=C\C/C=C\C/C=C\C/C=C\C/C=C\C/C=C\CCC(=O)OCC(COC1OC(C(=O)O)C(O)C(O)C1OC(=O)CCCCCCC/C=C\C/C=C\C/C=C\CC)OC(=O)CCCCCCCCCCC/C=C\CCCCCCCC. The van der Waals surface area contributed by atoms with Gasteiger partial charge in [0.1, 0.15) is 18.8 Å². The van der Waals surface area contributed by atoms with Gasteiger partial charge in [-0.05, 0) is 116 Å². The number of carboxylic acid groups (broad SMARTS) is 1. The molecule has 0 aromatic carbocycles. The Kier molecular flexibility index (Phi) is 52.8. The number of ether oxygens (including phenoxy) is 5. The molecule has 470 valence electrons. The fourth-order valence-electron chi connectivity index (χ4n) is 9.11. The van der Waals surface area contributed by atoms with Gasteiger partial charge in [-0.15, -0.1) is 0 Å². The number of aliphatic hydroxyl groups is 2. The summed E-state index contributed by atoms with van der Waals surface area (Å²) >= 11 is 0. The molecule has 0 amide bonds. The number of unbranched alkanes of at least 4 members (excludes halogenated alkanes) is 20. The zero-order valence-electron chi connectivity index (χ0n) is 51.9. The van der Waals surface area contributed by atoms with E-state index >= 15 is 0 Å². The van der Waals surface area contributed by atoms with Gasteiger partial charge in [-0.2, -0.15) is 0 Å². The first-order chi connectivity index (χ1) is 40.6. The highest BCUT2D eigenvalue weighted by Gasteiger charge is 2.50. The molecule has 6 unspecified atom stereocenters. The Balaban J connectivity index is 2.72. The molecular formula is C71H114O12. The van der Waals surface area contributed by atoms with Crippen LogP contribution in [-0.4, -0.2) is 89.2 Å². The van der Waals surface area contributed by atoms with E-state index in [-0.39, 0.29) is 25.9 Å². The molecule has 12 nitrogen and oxygen atoms in total. The highest BCUT2D eigenvalue weighted by Crippen LogP contribution is 2.26. The molecule has 1 aliphatic heterocycles. The van der Waals surface area contributed by atoms with Crippen LogP contribution in [0.3, 0.4) is 0 Å². The van der Waals surface area contributed by atoms with Crippen LogP contribution in [0.25, 0.3) is 0 Å². The van der Waals surface area contributed by atoms with E-state index in [2.05, 4.69) is 130 Å². The van der Waals surface area contributed by atoms with E-state index in [0.29, 0.717) is 19.3 Å². The number of hydrogen-bond donors (Lipinski definition) is 3. The van der Waals surface area contributed by atoms with Crippen LogP contribution in [0.2, 0.25) is 0 Å². The normalized spacial score (nSPS) is 18.4. The maximum Gasteiger partial charge on any atom is 0.335 e. The van der Waals surface area contributed by atoms with E-state index in [1.165, 1.54) is 70.6 Å². The van der Waals surface area contributed by atoms with Crippen molar-refractivity contribution in [3.8, 4) is 0 Å². The van der Waals surface area contributed by atoms with Crippen LogP contribution in [0.1, 0.15) is 252 Å². The number of esters is 3. The van der Waals surface area contributed by atoms with E-state index in [1.54, 1.807) is 0 Å². The first-order valence-electron chi connectivity index (χ1n) is 32.5. The molecule has 3 N–H and O–H groups in total. The third kappa shape index (κ3) is 47.1. The average molecular weight is 1160 g/mol. The van der Waals surface area contributed by atoms with Crippen molar-refractivity contribution in [1.29, 1.82) is 0 Å². The first-order valence-corrected chi connectivity index (χ1v) is 32.5. The number of aliphatic hydroxyl groups excluding tert-OH is 2. The average Bonchev–Trinajstić information content (AvgIpc) is 3.58. The molecule has 1 rings (SSSR count). The number of aliphatic carboxylic acids is 1. The fraction of sp³-hybridized carbons (Fsp3) is 0.662. The van der Waals surface area contributed by atoms with E-state index in [9.17, 15) is 34.5 Å². The van der Waals surface area contributed by atoms with Crippen molar-refractivity contribution in [2.24, 2.45) is 0 Å². The molecule has 1 saturated heterocycles. The van der Waals surface area contributed by atoms with Crippen molar-refractivity contribution in [2.45, 2.75) is 289 Å². The van der Waals surface area contributed by atoms with Crippen LogP contribution in [0.5, 0.6) is 0 Å². The summed E-state index contributed by atoms with van der Waals surface area (Å²) in [5, 5.41) is 31.6. The van der Waals surface area contributed by atoms with E-state index in [4.69, 9.17) is 23.7 Å². The third-order valence-corrected chi connectivity index (χ3v) is 14.0. The van der Waals surface area contributed by atoms with Crippen molar-refractivity contribution in [3.05, 3.63) is 122 Å². The second kappa shape index (κ2) is 57.5. The molecule has 1 fully saturated rings. The second-order valence-corrected chi connectivity index (χ2v) is 21.6. The molecule has 0 radical (unpaired) electrons. The predicted molar refractivity (Wildman–Crippen MR) is 340 cm³/mol. The quantitative estimate of drug-likeness (QED) is 0.0228. The number of carbonyl (C=O) groups excluding carboxylic acids is 3. The van der Waals surface area contributed by atoms with Gasteiger partial charge in [-0.25, -0.2) is 4.79 Å². The summed E-state index contributed by atoms with van der Waals surface area (Å²) in [7, 11) is 0. The zero-order valence-corrected chi connectivity index (χ0v) is 51.9. The van der Waals surface area contributed by atoms with Gasteiger partial charge in [-0.1, -0.05) is 239 Å². The smallest absolute Gasteiger partial charge is 0.335 e. The van der Waals surface area contributed by atoms with Crippen LogP contribution in [0.4, 0.5) is 0 Å². The highest BCUT2D eigenvalue weighted by molar-refractivity contribution is 5.74. The van der Waals surface area contributed by atoms with Gasteiger partial charge < -0.3 is 39.0 Å². The summed E-state index contributed by atoms with van der Waals surface area (Å²) in [5.41, 5.74) is 0. The van der Waals surface area contributed by atoms with Crippen molar-refractivity contribution >= 4 is 23.9 Å². The number of allylic oxidation sites excluding steroid dienone is 20. The van der Waals surface area contributed by atoms with Crippen LogP contribution in [0, 0.1) is 0 Å². The van der Waals surface area contributed by atoms with Gasteiger partial charge in [0.25, 0.3) is 0 Å². The Morgan fingerprint density at radius 2 is 0.783 bits per heavy atom. The predicted octanol–water partition coefficient (Wildman–Crippen LogP) is 17.6. The monoisotopic (exact) mass is 1160 g/mol. The Morgan fingerprint density at radius 3 is 1.22 bits per heavy atom. The summed E-state index contributed by atoms with van der Waals surface area (Å²) in [6.45, 7) is 5.70. The van der Waals surface area contributed by atoms with Crippen LogP contribution in [0.15, 0.2) is 122 Å². The summed E-state index contributed by atoms with van der Waals surface area (Å²) in [6.07, 6.45) is 67.4. The van der Waals surface area contributed by atoms with Crippen LogP contribution >= 0.6 is 0 Å². The van der Waals surface area contributed by atoms with Gasteiger partial charge in [0.15, 0.2) is 24.6 Å². The molecule has 1 heterocycles. The van der Waals surface area contributed by atoms with Gasteiger partial charge in [0, 0.05) is 19.3 Å². The topological polar surface area (TPSA) is 175 Å². The Morgan fingerprint density at radius 1 is 0.410 bits per heavy atom. The number of carboxylic acids is 1. The molecule has 0 aromatic heterocycles. The molecule has 12 heteroatoms. The van der Waals surface area contributed by atoms with Crippen molar-refractivity contribution in [2.75, 3.05) is 13.2 Å². The summed E-state index contributed by atoms with van der Waals surface area (Å²) in [5.74, 6) is -3.26. The van der Waals surface area contributed by atoms with E-state index in [0.717, 1.165) is 122 Å². The number of carbonyl (C=O) groups is 4. The maximum absolute atomic E-state index is 13.2. The minimum atomic E-state index is -1.93. The Bertz CT molecular complexity index is 1900. The van der Waals surface area contributed by atoms with Crippen molar-refractivity contribution in [3.63, 3.8) is 0 Å². The summed E-state index contributed by atoms with van der Waals surface area (Å²) in [6, 6.07) is 0. The molecular weight excluding hydrogens is 1040 g/mol. The molecule has 0 aliphatic carbocycles. The van der Waals surface area contributed by atoms with Gasteiger partial charge in [0.05, 0.1) is 6.61 Å². The van der Waals surface area contributed by atoms with Gasteiger partial charge in [-0.3, -0.25) is 14.4 Å².